The number of amides is 1. The van der Waals surface area contributed by atoms with E-state index in [2.05, 4.69) is 40.9 Å². The number of rotatable bonds is 6. The number of para-hydroxylation sites is 1. The molecule has 0 bridgehead atoms. The first-order chi connectivity index (χ1) is 15.0. The zero-order valence-electron chi connectivity index (χ0n) is 16.8. The minimum absolute atomic E-state index is 0.344. The maximum absolute atomic E-state index is 12.7. The molecular weight excluding hydrogens is 484 g/mol. The Balaban J connectivity index is 1.57. The molecule has 0 aliphatic rings. The van der Waals surface area contributed by atoms with Crippen molar-refractivity contribution >= 4 is 38.5 Å². The van der Waals surface area contributed by atoms with Crippen LogP contribution in [0.1, 0.15) is 16.1 Å². The molecule has 158 valence electrons. The predicted molar refractivity (Wildman–Crippen MR) is 120 cm³/mol. The zero-order chi connectivity index (χ0) is 22.0. The van der Waals surface area contributed by atoms with Gasteiger partial charge in [0.25, 0.3) is 5.91 Å². The molecule has 0 aliphatic heterocycles. The van der Waals surface area contributed by atoms with Crippen molar-refractivity contribution in [1.82, 2.24) is 24.4 Å². The number of hydrogen-bond acceptors (Lipinski definition) is 8. The minimum atomic E-state index is -0.353. The molecule has 11 heteroatoms. The largest absolute Gasteiger partial charge is 0.497 e. The summed E-state index contributed by atoms with van der Waals surface area (Å²) in [5.74, 6) is 1.07. The van der Waals surface area contributed by atoms with Crippen molar-refractivity contribution in [2.75, 3.05) is 19.5 Å². The van der Waals surface area contributed by atoms with Crippen LogP contribution in [0.5, 0.6) is 11.5 Å². The molecule has 4 rings (SSSR count). The Morgan fingerprint density at radius 1 is 1.13 bits per heavy atom. The van der Waals surface area contributed by atoms with Crippen LogP contribution in [0.25, 0.3) is 17.2 Å². The maximum Gasteiger partial charge on any atom is 0.257 e. The summed E-state index contributed by atoms with van der Waals surface area (Å²) in [6.45, 7) is 1.89. The van der Waals surface area contributed by atoms with E-state index in [1.807, 2.05) is 31.2 Å². The first kappa shape index (κ1) is 20.9. The molecule has 31 heavy (non-hydrogen) atoms. The Hall–Kier alpha value is -3.31. The van der Waals surface area contributed by atoms with Crippen LogP contribution in [0.2, 0.25) is 0 Å². The van der Waals surface area contributed by atoms with Crippen molar-refractivity contribution in [2.24, 2.45) is 0 Å². The van der Waals surface area contributed by atoms with E-state index >= 15 is 0 Å². The van der Waals surface area contributed by atoms with E-state index < -0.39 is 0 Å². The molecule has 9 nitrogen and oxygen atoms in total. The number of ether oxygens (including phenoxy) is 2. The highest BCUT2D eigenvalue weighted by Crippen LogP contribution is 2.27. The second-order valence-corrected chi connectivity index (χ2v) is 7.97. The summed E-state index contributed by atoms with van der Waals surface area (Å²) in [5.41, 5.74) is 2.55. The third kappa shape index (κ3) is 4.28. The number of benzene rings is 2. The highest BCUT2D eigenvalue weighted by atomic mass is 79.9. The van der Waals surface area contributed by atoms with E-state index in [-0.39, 0.29) is 5.91 Å². The SMILES string of the molecule is COc1cc(OC)cc(C(=O)Nc2nc(-c3nnn(-c4ccccc4Br)c3C)ns2)c1. The summed E-state index contributed by atoms with van der Waals surface area (Å²) >= 11 is 4.59. The number of methoxy groups -OCH3 is 2. The number of nitrogens with one attached hydrogen (secondary N) is 1. The Morgan fingerprint density at radius 3 is 2.52 bits per heavy atom. The smallest absolute Gasteiger partial charge is 0.257 e. The van der Waals surface area contributed by atoms with Gasteiger partial charge in [0.15, 0.2) is 11.5 Å². The first-order valence-corrected chi connectivity index (χ1v) is 10.6. The van der Waals surface area contributed by atoms with Gasteiger partial charge in [-0.15, -0.1) is 5.10 Å². The molecule has 0 atom stereocenters. The van der Waals surface area contributed by atoms with Crippen molar-refractivity contribution in [1.29, 1.82) is 0 Å². The average Bonchev–Trinajstić information content (AvgIpc) is 3.39. The van der Waals surface area contributed by atoms with Crippen molar-refractivity contribution < 1.29 is 14.3 Å². The quantitative estimate of drug-likeness (QED) is 0.424. The van der Waals surface area contributed by atoms with Gasteiger partial charge in [0, 0.05) is 27.6 Å². The summed E-state index contributed by atoms with van der Waals surface area (Å²) in [7, 11) is 3.05. The van der Waals surface area contributed by atoms with E-state index in [0.29, 0.717) is 33.7 Å². The average molecular weight is 501 g/mol. The Kier molecular flexibility index (Phi) is 5.96. The van der Waals surface area contributed by atoms with Crippen molar-refractivity contribution in [3.8, 4) is 28.7 Å². The van der Waals surface area contributed by atoms with Crippen molar-refractivity contribution in [3.63, 3.8) is 0 Å². The Labute approximate surface area is 190 Å². The Morgan fingerprint density at radius 2 is 1.84 bits per heavy atom. The van der Waals surface area contributed by atoms with Gasteiger partial charge in [-0.2, -0.15) is 9.36 Å². The molecule has 0 saturated carbocycles. The summed E-state index contributed by atoms with van der Waals surface area (Å²) in [4.78, 5) is 17.1. The van der Waals surface area contributed by atoms with Gasteiger partial charge in [-0.1, -0.05) is 17.3 Å². The number of nitrogens with zero attached hydrogens (tertiary/aromatic N) is 5. The molecule has 1 N–H and O–H groups in total. The molecule has 2 aromatic carbocycles. The normalized spacial score (nSPS) is 10.7. The molecule has 0 unspecified atom stereocenters. The maximum atomic E-state index is 12.7. The standard InChI is InChI=1S/C20H17BrN6O3S/c1-11-17(24-26-27(11)16-7-5-4-6-15(16)21)18-22-20(31-25-18)23-19(28)12-8-13(29-2)10-14(9-12)30-3/h4-10H,1-3H3,(H,22,23,25,28). The fourth-order valence-corrected chi connectivity index (χ4v) is 3.88. The number of anilines is 1. The monoisotopic (exact) mass is 500 g/mol. The summed E-state index contributed by atoms with van der Waals surface area (Å²) in [6, 6.07) is 12.6. The van der Waals surface area contributed by atoms with Crippen LogP contribution in [0.3, 0.4) is 0 Å². The van der Waals surface area contributed by atoms with E-state index in [9.17, 15) is 4.79 Å². The number of hydrogen-bond donors (Lipinski definition) is 1. The van der Waals surface area contributed by atoms with Crippen molar-refractivity contribution in [2.45, 2.75) is 6.92 Å². The summed E-state index contributed by atoms with van der Waals surface area (Å²) in [5, 5.41) is 11.5. The van der Waals surface area contributed by atoms with Crippen LogP contribution in [0, 0.1) is 6.92 Å². The number of carbonyl (C=O) groups excluding carboxylic acids is 1. The van der Waals surface area contributed by atoms with Crippen LogP contribution in [-0.2, 0) is 0 Å². The molecule has 0 aliphatic carbocycles. The van der Waals surface area contributed by atoms with Crippen molar-refractivity contribution in [3.05, 3.63) is 58.2 Å². The lowest BCUT2D eigenvalue weighted by molar-refractivity contribution is 0.102. The van der Waals surface area contributed by atoms with Gasteiger partial charge in [0.2, 0.25) is 5.13 Å². The lowest BCUT2D eigenvalue weighted by atomic mass is 10.2. The van der Waals surface area contributed by atoms with E-state index in [0.717, 1.165) is 27.4 Å². The van der Waals surface area contributed by atoms with Gasteiger partial charge < -0.3 is 9.47 Å². The fraction of sp³-hybridized carbons (Fsp3) is 0.150. The highest BCUT2D eigenvalue weighted by Gasteiger charge is 2.19. The lowest BCUT2D eigenvalue weighted by Crippen LogP contribution is -2.12. The summed E-state index contributed by atoms with van der Waals surface area (Å²) in [6.07, 6.45) is 0. The molecule has 1 amide bonds. The van der Waals surface area contributed by atoms with Crippen LogP contribution in [0.4, 0.5) is 5.13 Å². The Bertz CT molecular complexity index is 1230. The van der Waals surface area contributed by atoms with Gasteiger partial charge in [0.1, 0.15) is 11.5 Å². The van der Waals surface area contributed by atoms with E-state index in [1.54, 1.807) is 22.9 Å². The first-order valence-electron chi connectivity index (χ1n) is 9.06. The molecule has 2 heterocycles. The third-order valence-electron chi connectivity index (χ3n) is 4.45. The van der Waals surface area contributed by atoms with Crippen LogP contribution >= 0.6 is 27.5 Å². The molecular formula is C20H17BrN6O3S. The second kappa shape index (κ2) is 8.82. The van der Waals surface area contributed by atoms with Gasteiger partial charge in [-0.3, -0.25) is 10.1 Å². The predicted octanol–water partition coefficient (Wildman–Crippen LogP) is 4.13. The highest BCUT2D eigenvalue weighted by molar-refractivity contribution is 9.10. The molecule has 0 spiro atoms. The zero-order valence-corrected chi connectivity index (χ0v) is 19.2. The molecule has 0 saturated heterocycles. The number of aromatic nitrogens is 5. The van der Waals surface area contributed by atoms with E-state index in [1.165, 1.54) is 14.2 Å². The topological polar surface area (TPSA) is 104 Å². The molecule has 0 radical (unpaired) electrons. The lowest BCUT2D eigenvalue weighted by Gasteiger charge is -2.07. The van der Waals surface area contributed by atoms with Crippen LogP contribution < -0.4 is 14.8 Å². The second-order valence-electron chi connectivity index (χ2n) is 6.37. The summed E-state index contributed by atoms with van der Waals surface area (Å²) < 4.78 is 17.4. The van der Waals surface area contributed by atoms with Gasteiger partial charge >= 0.3 is 0 Å². The molecule has 2 aromatic heterocycles. The van der Waals surface area contributed by atoms with Gasteiger partial charge in [-0.05, 0) is 47.1 Å². The van der Waals surface area contributed by atoms with Crippen LogP contribution in [-0.4, -0.2) is 44.5 Å². The van der Waals surface area contributed by atoms with Gasteiger partial charge in [-0.25, -0.2) is 4.68 Å². The fourth-order valence-electron chi connectivity index (χ4n) is 2.87. The van der Waals surface area contributed by atoms with Gasteiger partial charge in [0.05, 0.1) is 25.6 Å². The molecule has 0 fully saturated rings. The minimum Gasteiger partial charge on any atom is -0.497 e. The number of halogens is 1. The third-order valence-corrected chi connectivity index (χ3v) is 5.75. The van der Waals surface area contributed by atoms with Crippen LogP contribution in [0.15, 0.2) is 46.9 Å². The molecule has 4 aromatic rings. The number of carbonyl (C=O) groups is 1. The van der Waals surface area contributed by atoms with E-state index in [4.69, 9.17) is 9.47 Å².